The van der Waals surface area contributed by atoms with Crippen LogP contribution in [0.15, 0.2) is 66.4 Å². The predicted molar refractivity (Wildman–Crippen MR) is 121 cm³/mol. The summed E-state index contributed by atoms with van der Waals surface area (Å²) in [5, 5.41) is 9.05. The van der Waals surface area contributed by atoms with Gasteiger partial charge in [0.25, 0.3) is 0 Å². The number of hydrogen-bond donors (Lipinski definition) is 0. The zero-order chi connectivity index (χ0) is 22.1. The molecule has 5 heteroatoms. The van der Waals surface area contributed by atoms with Crippen LogP contribution in [0.25, 0.3) is 6.08 Å². The number of ether oxygens (including phenoxy) is 1. The molecule has 0 unspecified atom stereocenters. The second kappa shape index (κ2) is 10.9. The monoisotopic (exact) mass is 413 g/mol. The van der Waals surface area contributed by atoms with Crippen LogP contribution in [0.1, 0.15) is 48.0 Å². The number of nitrogens with zero attached hydrogens (tertiary/aromatic N) is 3. The van der Waals surface area contributed by atoms with E-state index in [9.17, 15) is 4.79 Å². The number of nitriles is 1. The van der Waals surface area contributed by atoms with Gasteiger partial charge in [-0.15, -0.1) is 0 Å². The summed E-state index contributed by atoms with van der Waals surface area (Å²) < 4.78 is 7.19. The van der Waals surface area contributed by atoms with Crippen LogP contribution in [0.2, 0.25) is 0 Å². The summed E-state index contributed by atoms with van der Waals surface area (Å²) in [5.74, 6) is 0.645. The van der Waals surface area contributed by atoms with Gasteiger partial charge in [0.2, 0.25) is 0 Å². The molecule has 0 aliphatic carbocycles. The first-order chi connectivity index (χ1) is 15.1. The van der Waals surface area contributed by atoms with E-state index >= 15 is 0 Å². The fourth-order valence-electron chi connectivity index (χ4n) is 3.44. The largest absolute Gasteiger partial charge is 0.466 e. The molecule has 0 aliphatic rings. The first-order valence-corrected chi connectivity index (χ1v) is 10.5. The third-order valence-electron chi connectivity index (χ3n) is 5.15. The molecule has 0 amide bonds. The Morgan fingerprint density at radius 3 is 2.52 bits per heavy atom. The number of carbonyl (C=O) groups excluding carboxylic acids is 1. The molecule has 0 saturated heterocycles. The first kappa shape index (κ1) is 22.0. The molecule has 0 N–H and O–H groups in total. The van der Waals surface area contributed by atoms with Crippen molar-refractivity contribution in [3.8, 4) is 6.07 Å². The fraction of sp³-hybridized carbons (Fsp3) is 0.269. The van der Waals surface area contributed by atoms with Crippen molar-refractivity contribution in [2.75, 3.05) is 7.11 Å². The number of methoxy groups -OCH3 is 1. The van der Waals surface area contributed by atoms with Crippen molar-refractivity contribution in [1.82, 2.24) is 9.55 Å². The summed E-state index contributed by atoms with van der Waals surface area (Å²) >= 11 is 0. The Morgan fingerprint density at radius 2 is 1.87 bits per heavy atom. The third kappa shape index (κ3) is 5.93. The molecule has 5 nitrogen and oxygen atoms in total. The Bertz CT molecular complexity index is 1070. The van der Waals surface area contributed by atoms with Crippen molar-refractivity contribution in [3.63, 3.8) is 0 Å². The Hall–Kier alpha value is -3.65. The highest BCUT2D eigenvalue weighted by Gasteiger charge is 2.15. The number of hydrogen-bond acceptors (Lipinski definition) is 4. The van der Waals surface area contributed by atoms with Crippen LogP contribution in [-0.2, 0) is 28.9 Å². The van der Waals surface area contributed by atoms with Crippen LogP contribution in [-0.4, -0.2) is 22.6 Å². The second-order valence-corrected chi connectivity index (χ2v) is 7.42. The van der Waals surface area contributed by atoms with Gasteiger partial charge in [0.15, 0.2) is 0 Å². The predicted octanol–water partition coefficient (Wildman–Crippen LogP) is 4.94. The molecule has 0 atom stereocenters. The van der Waals surface area contributed by atoms with Crippen molar-refractivity contribution in [1.29, 1.82) is 5.26 Å². The lowest BCUT2D eigenvalue weighted by Gasteiger charge is -2.12. The summed E-state index contributed by atoms with van der Waals surface area (Å²) in [4.78, 5) is 17.1. The van der Waals surface area contributed by atoms with E-state index in [0.717, 1.165) is 41.9 Å². The maximum Gasteiger partial charge on any atom is 0.334 e. The summed E-state index contributed by atoms with van der Waals surface area (Å²) in [6, 6.07) is 19.6. The second-order valence-electron chi connectivity index (χ2n) is 7.42. The molecule has 31 heavy (non-hydrogen) atoms. The summed E-state index contributed by atoms with van der Waals surface area (Å²) in [5.41, 5.74) is 4.20. The lowest BCUT2D eigenvalue weighted by Crippen LogP contribution is -2.10. The van der Waals surface area contributed by atoms with E-state index in [4.69, 9.17) is 10.00 Å². The number of esters is 1. The maximum atomic E-state index is 12.5. The Labute approximate surface area is 183 Å². The SMILES string of the molecule is CCCCc1ncc(/C=C(\Cc2ccccc2)C(=O)OC)n1Cc1ccc(C#N)cc1. The van der Waals surface area contributed by atoms with E-state index in [0.29, 0.717) is 24.1 Å². The van der Waals surface area contributed by atoms with Crippen molar-refractivity contribution in [2.45, 2.75) is 39.2 Å². The minimum atomic E-state index is -0.343. The molecule has 158 valence electrons. The number of imidazole rings is 1. The van der Waals surface area contributed by atoms with E-state index in [-0.39, 0.29) is 5.97 Å². The molecule has 2 aromatic carbocycles. The Balaban J connectivity index is 1.97. The lowest BCUT2D eigenvalue weighted by atomic mass is 10.0. The molecular formula is C26H27N3O2. The zero-order valence-corrected chi connectivity index (χ0v) is 18.0. The van der Waals surface area contributed by atoms with Crippen LogP contribution in [0.3, 0.4) is 0 Å². The molecular weight excluding hydrogens is 386 g/mol. The third-order valence-corrected chi connectivity index (χ3v) is 5.15. The van der Waals surface area contributed by atoms with Crippen molar-refractivity contribution < 1.29 is 9.53 Å². The van der Waals surface area contributed by atoms with Gasteiger partial charge in [0.05, 0.1) is 30.6 Å². The number of carbonyl (C=O) groups is 1. The van der Waals surface area contributed by atoms with Crippen molar-refractivity contribution in [3.05, 3.63) is 94.6 Å². The average molecular weight is 414 g/mol. The van der Waals surface area contributed by atoms with Gasteiger partial charge in [-0.2, -0.15) is 5.26 Å². The molecule has 1 aromatic heterocycles. The summed E-state index contributed by atoms with van der Waals surface area (Å²) in [6.45, 7) is 2.78. The first-order valence-electron chi connectivity index (χ1n) is 10.5. The smallest absolute Gasteiger partial charge is 0.334 e. The van der Waals surface area contributed by atoms with Gasteiger partial charge in [0.1, 0.15) is 5.82 Å². The van der Waals surface area contributed by atoms with Crippen LogP contribution < -0.4 is 0 Å². The van der Waals surface area contributed by atoms with Crippen LogP contribution in [0.4, 0.5) is 0 Å². The molecule has 1 heterocycles. The van der Waals surface area contributed by atoms with Crippen LogP contribution in [0.5, 0.6) is 0 Å². The minimum Gasteiger partial charge on any atom is -0.466 e. The highest BCUT2D eigenvalue weighted by atomic mass is 16.5. The van der Waals surface area contributed by atoms with E-state index < -0.39 is 0 Å². The van der Waals surface area contributed by atoms with Gasteiger partial charge in [-0.05, 0) is 35.8 Å². The summed E-state index contributed by atoms with van der Waals surface area (Å²) in [7, 11) is 1.40. The Kier molecular flexibility index (Phi) is 7.78. The van der Waals surface area contributed by atoms with Gasteiger partial charge in [-0.25, -0.2) is 9.78 Å². The average Bonchev–Trinajstić information content (AvgIpc) is 3.18. The van der Waals surface area contributed by atoms with Gasteiger partial charge in [0, 0.05) is 25.0 Å². The van der Waals surface area contributed by atoms with E-state index in [1.54, 1.807) is 0 Å². The van der Waals surface area contributed by atoms with Gasteiger partial charge >= 0.3 is 5.97 Å². The standard InChI is InChI=1S/C26H27N3O2/c1-3-4-10-25-28-18-24(29(25)19-22-13-11-21(17-27)12-14-22)16-23(26(30)31-2)15-20-8-6-5-7-9-20/h5-9,11-14,16,18H,3-4,10,15,19H2,1-2H3/b23-16+. The van der Waals surface area contributed by atoms with Crippen molar-refractivity contribution >= 4 is 12.0 Å². The molecule has 0 fully saturated rings. The van der Waals surface area contributed by atoms with Gasteiger partial charge in [-0.1, -0.05) is 55.8 Å². The van der Waals surface area contributed by atoms with E-state index in [1.165, 1.54) is 7.11 Å². The molecule has 0 bridgehead atoms. The number of unbranched alkanes of at least 4 members (excludes halogenated alkanes) is 1. The number of rotatable bonds is 9. The topological polar surface area (TPSA) is 67.9 Å². The summed E-state index contributed by atoms with van der Waals surface area (Å²) in [6.07, 6.45) is 7.18. The zero-order valence-electron chi connectivity index (χ0n) is 18.0. The number of aryl methyl sites for hydroxylation is 1. The maximum absolute atomic E-state index is 12.5. The van der Waals surface area contributed by atoms with Crippen LogP contribution >= 0.6 is 0 Å². The molecule has 0 radical (unpaired) electrons. The number of benzene rings is 2. The molecule has 3 aromatic rings. The molecule has 0 saturated carbocycles. The number of aromatic nitrogens is 2. The lowest BCUT2D eigenvalue weighted by molar-refractivity contribution is -0.136. The fourth-order valence-corrected chi connectivity index (χ4v) is 3.44. The highest BCUT2D eigenvalue weighted by molar-refractivity contribution is 5.93. The van der Waals surface area contributed by atoms with Crippen molar-refractivity contribution in [2.24, 2.45) is 0 Å². The highest BCUT2D eigenvalue weighted by Crippen LogP contribution is 2.19. The van der Waals surface area contributed by atoms with Crippen LogP contribution in [0, 0.1) is 11.3 Å². The van der Waals surface area contributed by atoms with Gasteiger partial charge < -0.3 is 9.30 Å². The Morgan fingerprint density at radius 1 is 1.13 bits per heavy atom. The normalized spacial score (nSPS) is 11.2. The minimum absolute atomic E-state index is 0.343. The van der Waals surface area contributed by atoms with E-state index in [1.807, 2.05) is 66.9 Å². The van der Waals surface area contributed by atoms with Gasteiger partial charge in [-0.3, -0.25) is 0 Å². The molecule has 3 rings (SSSR count). The quantitative estimate of drug-likeness (QED) is 0.368. The molecule has 0 spiro atoms. The van der Waals surface area contributed by atoms with E-state index in [2.05, 4.69) is 22.5 Å². The molecule has 0 aliphatic heterocycles.